The van der Waals surface area contributed by atoms with Gasteiger partial charge in [0.15, 0.2) is 0 Å². The van der Waals surface area contributed by atoms with Crippen LogP contribution in [0.5, 0.6) is 0 Å². The van der Waals surface area contributed by atoms with Crippen molar-refractivity contribution in [3.8, 4) is 0 Å². The molecule has 0 aliphatic heterocycles. The van der Waals surface area contributed by atoms with Gasteiger partial charge in [0.2, 0.25) is 0 Å². The van der Waals surface area contributed by atoms with Crippen molar-refractivity contribution in [3.63, 3.8) is 0 Å². The van der Waals surface area contributed by atoms with E-state index in [0.29, 0.717) is 12.3 Å². The SMILES string of the molecule is CCC(C)OCC(O)c1ccc(N)cc1. The van der Waals surface area contributed by atoms with Crippen LogP contribution in [-0.4, -0.2) is 17.8 Å². The summed E-state index contributed by atoms with van der Waals surface area (Å²) in [7, 11) is 0. The number of nitrogens with two attached hydrogens (primary N) is 1. The molecule has 0 fully saturated rings. The van der Waals surface area contributed by atoms with Crippen LogP contribution in [0.25, 0.3) is 0 Å². The molecule has 1 rings (SSSR count). The molecule has 3 N–H and O–H groups in total. The fourth-order valence-corrected chi connectivity index (χ4v) is 1.19. The van der Waals surface area contributed by atoms with Gasteiger partial charge in [-0.2, -0.15) is 0 Å². The van der Waals surface area contributed by atoms with E-state index in [9.17, 15) is 5.11 Å². The maximum absolute atomic E-state index is 9.79. The zero-order chi connectivity index (χ0) is 11.3. The molecule has 84 valence electrons. The average Bonchev–Trinajstić information content (AvgIpc) is 2.26. The lowest BCUT2D eigenvalue weighted by Crippen LogP contribution is -2.13. The Morgan fingerprint density at radius 3 is 2.47 bits per heavy atom. The molecule has 0 aliphatic rings. The van der Waals surface area contributed by atoms with Crippen LogP contribution in [0, 0.1) is 0 Å². The van der Waals surface area contributed by atoms with Crippen LogP contribution < -0.4 is 5.73 Å². The van der Waals surface area contributed by atoms with E-state index in [-0.39, 0.29) is 6.10 Å². The fraction of sp³-hybridized carbons (Fsp3) is 0.500. The zero-order valence-corrected chi connectivity index (χ0v) is 9.31. The van der Waals surface area contributed by atoms with Gasteiger partial charge < -0.3 is 15.6 Å². The number of aliphatic hydroxyl groups excluding tert-OH is 1. The van der Waals surface area contributed by atoms with E-state index in [1.807, 2.05) is 19.1 Å². The minimum atomic E-state index is -0.570. The molecule has 0 aliphatic carbocycles. The molecule has 0 bridgehead atoms. The first-order chi connectivity index (χ1) is 7.13. The van der Waals surface area contributed by atoms with E-state index in [4.69, 9.17) is 10.5 Å². The molecule has 0 saturated heterocycles. The number of hydrogen-bond acceptors (Lipinski definition) is 3. The zero-order valence-electron chi connectivity index (χ0n) is 9.31. The van der Waals surface area contributed by atoms with Gasteiger partial charge in [-0.3, -0.25) is 0 Å². The molecule has 2 atom stereocenters. The smallest absolute Gasteiger partial charge is 0.102 e. The molecule has 15 heavy (non-hydrogen) atoms. The van der Waals surface area contributed by atoms with Crippen LogP contribution >= 0.6 is 0 Å². The monoisotopic (exact) mass is 209 g/mol. The molecular weight excluding hydrogens is 190 g/mol. The Labute approximate surface area is 90.9 Å². The highest BCUT2D eigenvalue weighted by atomic mass is 16.5. The molecule has 0 saturated carbocycles. The summed E-state index contributed by atoms with van der Waals surface area (Å²) in [5.41, 5.74) is 7.10. The van der Waals surface area contributed by atoms with Gasteiger partial charge in [-0.25, -0.2) is 0 Å². The summed E-state index contributed by atoms with van der Waals surface area (Å²) in [5.74, 6) is 0. The first kappa shape index (κ1) is 12.0. The molecule has 0 aromatic heterocycles. The normalized spacial score (nSPS) is 14.9. The summed E-state index contributed by atoms with van der Waals surface area (Å²) in [5, 5.41) is 9.79. The topological polar surface area (TPSA) is 55.5 Å². The number of nitrogen functional groups attached to an aromatic ring is 1. The predicted molar refractivity (Wildman–Crippen MR) is 61.5 cm³/mol. The Kier molecular flexibility index (Phi) is 4.59. The Balaban J connectivity index is 2.46. The van der Waals surface area contributed by atoms with Gasteiger partial charge in [0, 0.05) is 5.69 Å². The van der Waals surface area contributed by atoms with Crippen LogP contribution in [0.1, 0.15) is 31.9 Å². The first-order valence-corrected chi connectivity index (χ1v) is 5.28. The highest BCUT2D eigenvalue weighted by Gasteiger charge is 2.09. The standard InChI is InChI=1S/C12H19NO2/c1-3-9(2)15-8-12(14)10-4-6-11(13)7-5-10/h4-7,9,12,14H,3,8,13H2,1-2H3. The van der Waals surface area contributed by atoms with E-state index in [1.54, 1.807) is 12.1 Å². The number of benzene rings is 1. The fourth-order valence-electron chi connectivity index (χ4n) is 1.19. The molecule has 0 amide bonds. The minimum Gasteiger partial charge on any atom is -0.399 e. The second-order valence-corrected chi connectivity index (χ2v) is 3.73. The van der Waals surface area contributed by atoms with Crippen LogP contribution in [0.15, 0.2) is 24.3 Å². The Bertz CT molecular complexity index is 284. The Morgan fingerprint density at radius 2 is 1.93 bits per heavy atom. The average molecular weight is 209 g/mol. The van der Waals surface area contributed by atoms with Crippen molar-refractivity contribution in [1.29, 1.82) is 0 Å². The quantitative estimate of drug-likeness (QED) is 0.730. The van der Waals surface area contributed by atoms with E-state index in [2.05, 4.69) is 6.92 Å². The summed E-state index contributed by atoms with van der Waals surface area (Å²) < 4.78 is 5.46. The molecular formula is C12H19NO2. The van der Waals surface area contributed by atoms with Crippen molar-refractivity contribution in [2.45, 2.75) is 32.5 Å². The highest BCUT2D eigenvalue weighted by Crippen LogP contribution is 2.15. The van der Waals surface area contributed by atoms with E-state index >= 15 is 0 Å². The third-order valence-corrected chi connectivity index (χ3v) is 2.43. The third kappa shape index (κ3) is 3.90. The summed E-state index contributed by atoms with van der Waals surface area (Å²) in [6, 6.07) is 7.20. The van der Waals surface area contributed by atoms with Gasteiger partial charge in [-0.15, -0.1) is 0 Å². The summed E-state index contributed by atoms with van der Waals surface area (Å²) in [6.45, 7) is 4.38. The lowest BCUT2D eigenvalue weighted by atomic mass is 10.1. The van der Waals surface area contributed by atoms with Crippen LogP contribution in [0.3, 0.4) is 0 Å². The lowest BCUT2D eigenvalue weighted by molar-refractivity contribution is -0.00374. The predicted octanol–water partition coefficient (Wildman–Crippen LogP) is 2.12. The van der Waals surface area contributed by atoms with E-state index < -0.39 is 6.10 Å². The molecule has 0 spiro atoms. The first-order valence-electron chi connectivity index (χ1n) is 5.28. The lowest BCUT2D eigenvalue weighted by Gasteiger charge is -2.15. The van der Waals surface area contributed by atoms with Gasteiger partial charge in [0.1, 0.15) is 6.10 Å². The van der Waals surface area contributed by atoms with Crippen molar-refractivity contribution in [2.24, 2.45) is 0 Å². The number of rotatable bonds is 5. The van der Waals surface area contributed by atoms with Crippen molar-refractivity contribution in [2.75, 3.05) is 12.3 Å². The van der Waals surface area contributed by atoms with Gasteiger partial charge in [0.05, 0.1) is 12.7 Å². The second-order valence-electron chi connectivity index (χ2n) is 3.73. The minimum absolute atomic E-state index is 0.188. The van der Waals surface area contributed by atoms with Gasteiger partial charge in [0.25, 0.3) is 0 Å². The van der Waals surface area contributed by atoms with Crippen molar-refractivity contribution < 1.29 is 9.84 Å². The molecule has 2 unspecified atom stereocenters. The van der Waals surface area contributed by atoms with Gasteiger partial charge >= 0.3 is 0 Å². The van der Waals surface area contributed by atoms with E-state index in [0.717, 1.165) is 12.0 Å². The van der Waals surface area contributed by atoms with Crippen molar-refractivity contribution in [1.82, 2.24) is 0 Å². The maximum Gasteiger partial charge on any atom is 0.102 e. The van der Waals surface area contributed by atoms with Gasteiger partial charge in [-0.05, 0) is 31.0 Å². The summed E-state index contributed by atoms with van der Waals surface area (Å²) in [6.07, 6.45) is 0.571. The molecule has 3 nitrogen and oxygen atoms in total. The number of aliphatic hydroxyl groups is 1. The Morgan fingerprint density at radius 1 is 1.33 bits per heavy atom. The molecule has 3 heteroatoms. The largest absolute Gasteiger partial charge is 0.399 e. The van der Waals surface area contributed by atoms with Crippen LogP contribution in [0.4, 0.5) is 5.69 Å². The Hall–Kier alpha value is -1.06. The summed E-state index contributed by atoms with van der Waals surface area (Å²) in [4.78, 5) is 0. The maximum atomic E-state index is 9.79. The third-order valence-electron chi connectivity index (χ3n) is 2.43. The van der Waals surface area contributed by atoms with Crippen molar-refractivity contribution in [3.05, 3.63) is 29.8 Å². The van der Waals surface area contributed by atoms with Crippen molar-refractivity contribution >= 4 is 5.69 Å². The molecule has 1 aromatic carbocycles. The number of ether oxygens (including phenoxy) is 1. The number of anilines is 1. The highest BCUT2D eigenvalue weighted by molar-refractivity contribution is 5.39. The van der Waals surface area contributed by atoms with E-state index in [1.165, 1.54) is 0 Å². The molecule has 0 heterocycles. The van der Waals surface area contributed by atoms with Crippen LogP contribution in [0.2, 0.25) is 0 Å². The number of hydrogen-bond donors (Lipinski definition) is 2. The molecule has 1 aromatic rings. The van der Waals surface area contributed by atoms with Gasteiger partial charge in [-0.1, -0.05) is 19.1 Å². The second kappa shape index (κ2) is 5.73. The van der Waals surface area contributed by atoms with Crippen LogP contribution in [-0.2, 0) is 4.74 Å². The summed E-state index contributed by atoms with van der Waals surface area (Å²) >= 11 is 0. The molecule has 0 radical (unpaired) electrons.